The molecule has 0 spiro atoms. The number of ether oxygens (including phenoxy) is 4. The lowest BCUT2D eigenvalue weighted by atomic mass is 9.95. The summed E-state index contributed by atoms with van der Waals surface area (Å²) < 4.78 is 37.1. The fourth-order valence-electron chi connectivity index (χ4n) is 4.69. The number of nitrogens with zero attached hydrogens (tertiary/aromatic N) is 2. The third kappa shape index (κ3) is 5.68. The lowest BCUT2D eigenvalue weighted by Crippen LogP contribution is -2.40. The van der Waals surface area contributed by atoms with Crippen LogP contribution in [0.5, 0.6) is 17.2 Å². The smallest absolute Gasteiger partial charge is 0.338 e. The first-order chi connectivity index (χ1) is 20.2. The molecule has 42 heavy (non-hydrogen) atoms. The van der Waals surface area contributed by atoms with E-state index in [1.54, 1.807) is 61.5 Å². The molecule has 8 nitrogen and oxygen atoms in total. The van der Waals surface area contributed by atoms with Crippen molar-refractivity contribution in [2.24, 2.45) is 4.99 Å². The molecular weight excluding hydrogens is 583 g/mol. The topological polar surface area (TPSA) is 88.4 Å². The number of carbonyl (C=O) groups excluding carboxylic acids is 1. The summed E-state index contributed by atoms with van der Waals surface area (Å²) >= 11 is 7.53. The van der Waals surface area contributed by atoms with E-state index >= 15 is 0 Å². The standard InChI is InChI=1S/C31H26ClFN2O6S/c1-17-27(30(37)40-4)28(22-15-20(32)8-12-23(22)38-2)35-29(36)26(42-31(35)34-17)14-19-7-11-24(25(13-19)39-3)41-16-18-5-9-21(33)10-6-18/h5-15,28H,16H2,1-4H3/b26-14-/t28-/m1/s1. The van der Waals surface area contributed by atoms with Gasteiger partial charge in [-0.15, -0.1) is 0 Å². The van der Waals surface area contributed by atoms with Gasteiger partial charge in [0.2, 0.25) is 0 Å². The lowest BCUT2D eigenvalue weighted by molar-refractivity contribution is -0.136. The Morgan fingerprint density at radius 3 is 2.43 bits per heavy atom. The number of fused-ring (bicyclic) bond motifs is 1. The first kappa shape index (κ1) is 29.1. The van der Waals surface area contributed by atoms with E-state index in [0.717, 1.165) is 5.56 Å². The number of hydrogen-bond acceptors (Lipinski definition) is 8. The fraction of sp³-hybridized carbons (Fsp3) is 0.194. The third-order valence-electron chi connectivity index (χ3n) is 6.71. The molecule has 0 N–H and O–H groups in total. The molecule has 0 fully saturated rings. The van der Waals surface area contributed by atoms with Crippen molar-refractivity contribution in [3.8, 4) is 17.2 Å². The normalized spacial score (nSPS) is 14.7. The molecule has 0 aliphatic carbocycles. The van der Waals surface area contributed by atoms with E-state index in [1.165, 1.54) is 49.4 Å². The lowest BCUT2D eigenvalue weighted by Gasteiger charge is -2.25. The second kappa shape index (κ2) is 12.2. The van der Waals surface area contributed by atoms with Gasteiger partial charge in [-0.2, -0.15) is 0 Å². The molecule has 4 aromatic rings. The van der Waals surface area contributed by atoms with Crippen LogP contribution >= 0.6 is 22.9 Å². The zero-order valence-corrected chi connectivity index (χ0v) is 24.7. The highest BCUT2D eigenvalue weighted by atomic mass is 35.5. The number of allylic oxidation sites excluding steroid dienone is 1. The Bertz CT molecular complexity index is 1880. The molecule has 216 valence electrons. The number of carbonyl (C=O) groups is 1. The molecular formula is C31H26ClFN2O6S. The molecule has 1 aromatic heterocycles. The van der Waals surface area contributed by atoms with E-state index in [0.29, 0.717) is 48.4 Å². The van der Waals surface area contributed by atoms with E-state index in [9.17, 15) is 14.0 Å². The van der Waals surface area contributed by atoms with Crippen molar-refractivity contribution in [2.45, 2.75) is 19.6 Å². The summed E-state index contributed by atoms with van der Waals surface area (Å²) in [5, 5.41) is 0.417. The van der Waals surface area contributed by atoms with Crippen molar-refractivity contribution >= 4 is 35.0 Å². The number of methoxy groups -OCH3 is 3. The Kier molecular flexibility index (Phi) is 8.46. The summed E-state index contributed by atoms with van der Waals surface area (Å²) in [7, 11) is 4.30. The Balaban J connectivity index is 1.57. The minimum absolute atomic E-state index is 0.210. The van der Waals surface area contributed by atoms with Gasteiger partial charge in [0.05, 0.1) is 37.1 Å². The molecule has 0 saturated carbocycles. The van der Waals surface area contributed by atoms with Crippen LogP contribution in [0.4, 0.5) is 4.39 Å². The monoisotopic (exact) mass is 608 g/mol. The van der Waals surface area contributed by atoms with Gasteiger partial charge >= 0.3 is 5.97 Å². The van der Waals surface area contributed by atoms with E-state index < -0.39 is 12.0 Å². The van der Waals surface area contributed by atoms with Crippen molar-refractivity contribution < 1.29 is 28.1 Å². The zero-order valence-electron chi connectivity index (χ0n) is 23.1. The number of rotatable bonds is 8. The molecule has 0 unspecified atom stereocenters. The van der Waals surface area contributed by atoms with Crippen LogP contribution in [-0.4, -0.2) is 31.9 Å². The highest BCUT2D eigenvalue weighted by Crippen LogP contribution is 2.37. The summed E-state index contributed by atoms with van der Waals surface area (Å²) in [5.74, 6) is 0.478. The average Bonchev–Trinajstić information content (AvgIpc) is 3.29. The molecule has 0 amide bonds. The van der Waals surface area contributed by atoms with E-state index in [1.807, 2.05) is 0 Å². The van der Waals surface area contributed by atoms with Crippen LogP contribution in [0.15, 0.2) is 81.7 Å². The van der Waals surface area contributed by atoms with Gasteiger partial charge in [-0.3, -0.25) is 9.36 Å². The number of halogens is 2. The van der Waals surface area contributed by atoms with Crippen LogP contribution in [0.25, 0.3) is 6.08 Å². The Morgan fingerprint density at radius 1 is 1.02 bits per heavy atom. The summed E-state index contributed by atoms with van der Waals surface area (Å²) in [5.41, 5.74) is 2.29. The largest absolute Gasteiger partial charge is 0.496 e. The Labute approximate surface area is 249 Å². The Hall–Kier alpha value is -4.41. The zero-order chi connectivity index (χ0) is 30.0. The minimum atomic E-state index is -0.874. The van der Waals surface area contributed by atoms with Gasteiger partial charge in [0.1, 0.15) is 24.2 Å². The average molecular weight is 609 g/mol. The molecule has 11 heteroatoms. The summed E-state index contributed by atoms with van der Waals surface area (Å²) in [6, 6.07) is 15.5. The summed E-state index contributed by atoms with van der Waals surface area (Å²) in [6.45, 7) is 1.92. The molecule has 1 atom stereocenters. The fourth-order valence-corrected chi connectivity index (χ4v) is 5.92. The van der Waals surface area contributed by atoms with E-state index in [-0.39, 0.29) is 23.6 Å². The van der Waals surface area contributed by atoms with E-state index in [4.69, 9.17) is 30.5 Å². The van der Waals surface area contributed by atoms with Crippen LogP contribution in [0.1, 0.15) is 29.7 Å². The molecule has 0 radical (unpaired) electrons. The van der Waals surface area contributed by atoms with Gasteiger partial charge in [0, 0.05) is 10.6 Å². The number of hydrogen-bond donors (Lipinski definition) is 0. The van der Waals surface area contributed by atoms with Gasteiger partial charge in [-0.05, 0) is 66.6 Å². The van der Waals surface area contributed by atoms with E-state index in [2.05, 4.69) is 4.99 Å². The van der Waals surface area contributed by atoms with Crippen LogP contribution in [-0.2, 0) is 16.1 Å². The van der Waals surface area contributed by atoms with Crippen molar-refractivity contribution in [2.75, 3.05) is 21.3 Å². The van der Waals surface area contributed by atoms with Crippen LogP contribution < -0.4 is 29.1 Å². The summed E-state index contributed by atoms with van der Waals surface area (Å²) in [4.78, 5) is 31.8. The minimum Gasteiger partial charge on any atom is -0.496 e. The number of thiazole rings is 1. The SMILES string of the molecule is COC(=O)C1=C(C)N=c2s/c(=C\c3ccc(OCc4ccc(F)cc4)c(OC)c3)c(=O)n2[C@@H]1c1cc(Cl)ccc1OC. The van der Waals surface area contributed by atoms with Crippen LogP contribution in [0.3, 0.4) is 0 Å². The molecule has 0 saturated heterocycles. The highest BCUT2D eigenvalue weighted by molar-refractivity contribution is 7.07. The van der Waals surface area contributed by atoms with Crippen molar-refractivity contribution in [3.05, 3.63) is 119 Å². The second-order valence-corrected chi connectivity index (χ2v) is 10.7. The predicted molar refractivity (Wildman–Crippen MR) is 158 cm³/mol. The molecule has 5 rings (SSSR count). The first-order valence-corrected chi connectivity index (χ1v) is 13.9. The maximum absolute atomic E-state index is 13.9. The van der Waals surface area contributed by atoms with Crippen molar-refractivity contribution in [1.29, 1.82) is 0 Å². The number of benzene rings is 3. The maximum Gasteiger partial charge on any atom is 0.338 e. The molecule has 0 bridgehead atoms. The van der Waals surface area contributed by atoms with Gasteiger partial charge in [0.15, 0.2) is 16.3 Å². The van der Waals surface area contributed by atoms with Gasteiger partial charge in [0.25, 0.3) is 5.56 Å². The quantitative estimate of drug-likeness (QED) is 0.267. The molecule has 1 aliphatic rings. The van der Waals surface area contributed by atoms with Crippen LogP contribution in [0, 0.1) is 5.82 Å². The molecule has 3 aromatic carbocycles. The van der Waals surface area contributed by atoms with Gasteiger partial charge in [-0.25, -0.2) is 14.2 Å². The second-order valence-electron chi connectivity index (χ2n) is 9.29. The predicted octanol–water partition coefficient (Wildman–Crippen LogP) is 4.80. The highest BCUT2D eigenvalue weighted by Gasteiger charge is 2.35. The van der Waals surface area contributed by atoms with Crippen LogP contribution in [0.2, 0.25) is 5.02 Å². The summed E-state index contributed by atoms with van der Waals surface area (Å²) in [6.07, 6.45) is 1.72. The Morgan fingerprint density at radius 2 is 1.74 bits per heavy atom. The molecule has 2 heterocycles. The van der Waals surface area contributed by atoms with Gasteiger partial charge in [-0.1, -0.05) is 41.1 Å². The van der Waals surface area contributed by atoms with Gasteiger partial charge < -0.3 is 18.9 Å². The maximum atomic E-state index is 13.9. The molecule has 1 aliphatic heterocycles. The van der Waals surface area contributed by atoms with Crippen molar-refractivity contribution in [1.82, 2.24) is 4.57 Å². The number of aromatic nitrogens is 1. The number of esters is 1. The van der Waals surface area contributed by atoms with Crippen molar-refractivity contribution in [3.63, 3.8) is 0 Å². The third-order valence-corrected chi connectivity index (χ3v) is 7.92. The first-order valence-electron chi connectivity index (χ1n) is 12.7.